The zero-order valence-electron chi connectivity index (χ0n) is 21.3. The molecule has 1 aromatic carbocycles. The predicted molar refractivity (Wildman–Crippen MR) is 127 cm³/mol. The van der Waals surface area contributed by atoms with Gasteiger partial charge < -0.3 is 20.4 Å². The zero-order chi connectivity index (χ0) is 27.9. The van der Waals surface area contributed by atoms with Crippen LogP contribution in [-0.2, 0) is 24.6 Å². The van der Waals surface area contributed by atoms with E-state index in [2.05, 4.69) is 11.4 Å². The van der Waals surface area contributed by atoms with Gasteiger partial charge in [0.25, 0.3) is 0 Å². The van der Waals surface area contributed by atoms with Gasteiger partial charge in [-0.15, -0.1) is 0 Å². The number of carbonyl (C=O) groups is 4. The number of para-hydroxylation sites is 1. The van der Waals surface area contributed by atoms with Gasteiger partial charge in [-0.25, -0.2) is 0 Å². The van der Waals surface area contributed by atoms with Gasteiger partial charge in [-0.3, -0.25) is 19.2 Å². The van der Waals surface area contributed by atoms with Crippen LogP contribution >= 0.6 is 0 Å². The molecule has 0 unspecified atom stereocenters. The van der Waals surface area contributed by atoms with Crippen LogP contribution in [0.3, 0.4) is 0 Å². The number of alkyl halides is 3. The molecule has 0 bridgehead atoms. The summed E-state index contributed by atoms with van der Waals surface area (Å²) in [7, 11) is 1.28. The first-order valence-electron chi connectivity index (χ1n) is 11.8. The minimum Gasteiger partial charge on any atom is -0.337 e. The van der Waals surface area contributed by atoms with E-state index < -0.39 is 52.9 Å². The number of hydrogen-bond donors (Lipinski definition) is 2. The molecule has 0 aromatic heterocycles. The number of nitriles is 1. The lowest BCUT2D eigenvalue weighted by molar-refractivity contribution is -0.175. The maximum Gasteiger partial charge on any atom is 0.471 e. The fourth-order valence-electron chi connectivity index (χ4n) is 4.95. The Kier molecular flexibility index (Phi) is 7.32. The third-order valence-electron chi connectivity index (χ3n) is 6.80. The van der Waals surface area contributed by atoms with Gasteiger partial charge >= 0.3 is 12.1 Å². The molecule has 200 valence electrons. The van der Waals surface area contributed by atoms with E-state index in [1.807, 2.05) is 20.8 Å². The van der Waals surface area contributed by atoms with Gasteiger partial charge in [0, 0.05) is 25.7 Å². The topological polar surface area (TPSA) is 123 Å². The van der Waals surface area contributed by atoms with E-state index in [-0.39, 0.29) is 25.3 Å². The third kappa shape index (κ3) is 5.40. The number of nitrogens with zero attached hydrogens (tertiary/aromatic N) is 3. The van der Waals surface area contributed by atoms with Crippen LogP contribution in [0.25, 0.3) is 0 Å². The Morgan fingerprint density at radius 3 is 2.46 bits per heavy atom. The molecule has 4 amide bonds. The second-order valence-corrected chi connectivity index (χ2v) is 10.8. The van der Waals surface area contributed by atoms with Gasteiger partial charge in [-0.2, -0.15) is 18.4 Å². The van der Waals surface area contributed by atoms with Crippen LogP contribution in [0.2, 0.25) is 0 Å². The normalized spacial score (nSPS) is 22.6. The van der Waals surface area contributed by atoms with Crippen molar-refractivity contribution in [3.05, 3.63) is 29.8 Å². The van der Waals surface area contributed by atoms with Crippen molar-refractivity contribution < 1.29 is 32.3 Å². The van der Waals surface area contributed by atoms with Gasteiger partial charge in [0.15, 0.2) is 0 Å². The number of nitrogens with one attached hydrogen (secondary N) is 2. The summed E-state index contributed by atoms with van der Waals surface area (Å²) in [4.78, 5) is 53.6. The van der Waals surface area contributed by atoms with Gasteiger partial charge in [0.05, 0.1) is 11.5 Å². The van der Waals surface area contributed by atoms with Crippen LogP contribution in [0.5, 0.6) is 0 Å². The van der Waals surface area contributed by atoms with Crippen molar-refractivity contribution in [1.29, 1.82) is 5.26 Å². The largest absolute Gasteiger partial charge is 0.471 e. The first kappa shape index (κ1) is 28.0. The minimum absolute atomic E-state index is 0.0655. The maximum atomic E-state index is 13.9. The van der Waals surface area contributed by atoms with Gasteiger partial charge in [-0.1, -0.05) is 39.0 Å². The minimum atomic E-state index is -5.17. The smallest absolute Gasteiger partial charge is 0.337 e. The molecule has 9 nitrogen and oxygen atoms in total. The van der Waals surface area contributed by atoms with Crippen molar-refractivity contribution in [3.63, 3.8) is 0 Å². The highest BCUT2D eigenvalue weighted by atomic mass is 19.4. The standard InChI is InChI=1S/C25H30F3N5O4/c1-14(30-22(37)25(26,27)28)19(34)32(5)18(11-23(2,3)4)20(35)33-13-24(10-15(33)12-29)16-8-6-7-9-17(16)31-21(24)36/h6-9,14-15,18H,10-11,13H2,1-5H3,(H,30,37)(H,31,36)/t14-,15-,18-,24-/m0/s1. The number of likely N-dealkylation sites (N-methyl/N-ethyl adjacent to an activating group) is 1. The molecular weight excluding hydrogens is 491 g/mol. The quantitative estimate of drug-likeness (QED) is 0.616. The SMILES string of the molecule is C[C@H](NC(=O)C(F)(F)F)C(=O)N(C)[C@@H](CC(C)(C)C)C(=O)N1C[C@]2(C[C@H]1C#N)C(=O)Nc1ccccc12. The summed E-state index contributed by atoms with van der Waals surface area (Å²) in [6.45, 7) is 6.50. The number of amides is 4. The highest BCUT2D eigenvalue weighted by Crippen LogP contribution is 2.46. The Morgan fingerprint density at radius 2 is 1.89 bits per heavy atom. The van der Waals surface area contributed by atoms with Crippen LogP contribution < -0.4 is 10.6 Å². The molecule has 0 aliphatic carbocycles. The van der Waals surface area contributed by atoms with Crippen LogP contribution in [0.1, 0.15) is 46.1 Å². The maximum absolute atomic E-state index is 13.9. The average molecular weight is 522 g/mol. The van der Waals surface area contributed by atoms with Crippen molar-refractivity contribution in [2.24, 2.45) is 5.41 Å². The van der Waals surface area contributed by atoms with Crippen molar-refractivity contribution in [2.45, 2.75) is 70.3 Å². The average Bonchev–Trinajstić information content (AvgIpc) is 3.33. The first-order valence-corrected chi connectivity index (χ1v) is 11.8. The second-order valence-electron chi connectivity index (χ2n) is 10.8. The zero-order valence-corrected chi connectivity index (χ0v) is 21.3. The van der Waals surface area contributed by atoms with E-state index in [1.54, 1.807) is 29.6 Å². The summed E-state index contributed by atoms with van der Waals surface area (Å²) < 4.78 is 38.1. The highest BCUT2D eigenvalue weighted by molar-refractivity contribution is 6.07. The van der Waals surface area contributed by atoms with E-state index in [1.165, 1.54) is 11.9 Å². The van der Waals surface area contributed by atoms with E-state index in [0.29, 0.717) is 11.3 Å². The monoisotopic (exact) mass is 521 g/mol. The molecule has 1 fully saturated rings. The number of carbonyl (C=O) groups excluding carboxylic acids is 4. The molecule has 1 spiro atoms. The molecule has 12 heteroatoms. The van der Waals surface area contributed by atoms with Crippen molar-refractivity contribution in [3.8, 4) is 6.07 Å². The Balaban J connectivity index is 1.91. The summed E-state index contributed by atoms with van der Waals surface area (Å²) >= 11 is 0. The number of benzene rings is 1. The second kappa shape index (κ2) is 9.68. The lowest BCUT2D eigenvalue weighted by Gasteiger charge is -2.36. The van der Waals surface area contributed by atoms with Crippen LogP contribution in [0, 0.1) is 16.7 Å². The van der Waals surface area contributed by atoms with Crippen molar-refractivity contribution >= 4 is 29.3 Å². The molecule has 2 N–H and O–H groups in total. The van der Waals surface area contributed by atoms with Gasteiger partial charge in [0.1, 0.15) is 18.1 Å². The van der Waals surface area contributed by atoms with E-state index >= 15 is 0 Å². The lowest BCUT2D eigenvalue weighted by atomic mass is 9.80. The fourth-order valence-corrected chi connectivity index (χ4v) is 4.95. The molecule has 0 saturated carbocycles. The fraction of sp³-hybridized carbons (Fsp3) is 0.560. The van der Waals surface area contributed by atoms with Crippen LogP contribution in [-0.4, -0.2) is 71.3 Å². The highest BCUT2D eigenvalue weighted by Gasteiger charge is 2.57. The molecule has 2 aliphatic heterocycles. The summed E-state index contributed by atoms with van der Waals surface area (Å²) in [5, 5.41) is 14.3. The molecule has 1 aromatic rings. The number of hydrogen-bond acceptors (Lipinski definition) is 5. The number of likely N-dealkylation sites (tertiary alicyclic amines) is 1. The molecule has 0 radical (unpaired) electrons. The van der Waals surface area contributed by atoms with E-state index in [0.717, 1.165) is 11.8 Å². The molecule has 2 heterocycles. The van der Waals surface area contributed by atoms with Crippen molar-refractivity contribution in [1.82, 2.24) is 15.1 Å². The molecule has 1 saturated heterocycles. The van der Waals surface area contributed by atoms with Crippen molar-refractivity contribution in [2.75, 3.05) is 18.9 Å². The third-order valence-corrected chi connectivity index (χ3v) is 6.80. The summed E-state index contributed by atoms with van der Waals surface area (Å²) in [6.07, 6.45) is -4.98. The number of anilines is 1. The molecule has 37 heavy (non-hydrogen) atoms. The molecular formula is C25H30F3N5O4. The molecule has 4 atom stereocenters. The molecule has 3 rings (SSSR count). The van der Waals surface area contributed by atoms with Gasteiger partial charge in [0.2, 0.25) is 17.7 Å². The number of rotatable bonds is 5. The number of halogens is 3. The van der Waals surface area contributed by atoms with Gasteiger partial charge in [-0.05, 0) is 30.4 Å². The lowest BCUT2D eigenvalue weighted by Crippen LogP contribution is -2.57. The Bertz CT molecular complexity index is 1160. The summed E-state index contributed by atoms with van der Waals surface area (Å²) in [6, 6.07) is 5.45. The number of fused-ring (bicyclic) bond motifs is 2. The van der Waals surface area contributed by atoms with E-state index in [9.17, 15) is 37.6 Å². The Hall–Kier alpha value is -3.62. The first-order chi connectivity index (χ1) is 17.0. The van der Waals surface area contributed by atoms with Crippen LogP contribution in [0.15, 0.2) is 24.3 Å². The summed E-state index contributed by atoms with van der Waals surface area (Å²) in [5.74, 6) is -4.09. The molecule has 2 aliphatic rings. The Labute approximate surface area is 213 Å². The van der Waals surface area contributed by atoms with Crippen LogP contribution in [0.4, 0.5) is 18.9 Å². The predicted octanol–water partition coefficient (Wildman–Crippen LogP) is 2.33. The Morgan fingerprint density at radius 1 is 1.27 bits per heavy atom. The summed E-state index contributed by atoms with van der Waals surface area (Å²) in [5.41, 5.74) is -0.346. The van der Waals surface area contributed by atoms with E-state index in [4.69, 9.17) is 0 Å².